The zero-order valence-electron chi connectivity index (χ0n) is 9.73. The van der Waals surface area contributed by atoms with Crippen molar-refractivity contribution in [2.45, 2.75) is 32.2 Å². The van der Waals surface area contributed by atoms with E-state index in [4.69, 9.17) is 10.5 Å². The second kappa shape index (κ2) is 6.80. The van der Waals surface area contributed by atoms with Crippen LogP contribution in [0.15, 0.2) is 21.2 Å². The molecule has 0 radical (unpaired) electrons. The number of aliphatic hydroxyl groups is 1. The van der Waals surface area contributed by atoms with E-state index in [9.17, 15) is 5.11 Å². The number of aliphatic hydroxyl groups excluding tert-OH is 1. The number of rotatable bonds is 5. The Hall–Kier alpha value is -0.0100. The fraction of sp³-hybridized carbons (Fsp3) is 0.545. The maximum atomic E-state index is 9.42. The van der Waals surface area contributed by atoms with E-state index in [1.807, 2.05) is 6.07 Å². The summed E-state index contributed by atoms with van der Waals surface area (Å²) < 4.78 is 7.40. The number of pyridine rings is 1. The Labute approximate surface area is 118 Å². The Morgan fingerprint density at radius 1 is 1.47 bits per heavy atom. The maximum absolute atomic E-state index is 9.42. The van der Waals surface area contributed by atoms with Crippen LogP contribution in [0.5, 0.6) is 0 Å². The largest absolute Gasteiger partial charge is 0.391 e. The average Bonchev–Trinajstić information content (AvgIpc) is 2.26. The van der Waals surface area contributed by atoms with Crippen LogP contribution >= 0.6 is 31.9 Å². The Balaban J connectivity index is 2.86. The molecule has 1 rings (SSSR count). The predicted octanol–water partition coefficient (Wildman–Crippen LogP) is 2.39. The predicted molar refractivity (Wildman–Crippen MR) is 73.7 cm³/mol. The second-order valence-corrected chi connectivity index (χ2v) is 5.60. The fourth-order valence-electron chi connectivity index (χ4n) is 1.27. The molecule has 0 aliphatic rings. The first-order valence-corrected chi connectivity index (χ1v) is 6.88. The standard InChI is InChI=1S/C11H16Br2N2O2/c1-6(16)7(2)17-10(4-14)11-9(13)3-8(12)5-15-11/h3,5-7,10,16H,4,14H2,1-2H3. The van der Waals surface area contributed by atoms with E-state index in [1.165, 1.54) is 0 Å². The maximum Gasteiger partial charge on any atom is 0.113 e. The van der Waals surface area contributed by atoms with E-state index in [1.54, 1.807) is 20.0 Å². The van der Waals surface area contributed by atoms with Crippen LogP contribution in [0.25, 0.3) is 0 Å². The van der Waals surface area contributed by atoms with Crippen molar-refractivity contribution in [2.75, 3.05) is 6.54 Å². The van der Waals surface area contributed by atoms with E-state index in [0.717, 1.165) is 14.6 Å². The first-order chi connectivity index (χ1) is 7.95. The summed E-state index contributed by atoms with van der Waals surface area (Å²) in [6.07, 6.45) is 0.528. The lowest BCUT2D eigenvalue weighted by molar-refractivity contribution is -0.0608. The highest BCUT2D eigenvalue weighted by Crippen LogP contribution is 2.27. The van der Waals surface area contributed by atoms with Crippen molar-refractivity contribution in [2.24, 2.45) is 5.73 Å². The molecule has 0 bridgehead atoms. The molecule has 3 N–H and O–H groups in total. The summed E-state index contributed by atoms with van der Waals surface area (Å²) in [5, 5.41) is 9.42. The van der Waals surface area contributed by atoms with Crippen molar-refractivity contribution in [1.29, 1.82) is 0 Å². The summed E-state index contributed by atoms with van der Waals surface area (Å²) in [5.74, 6) is 0. The number of nitrogens with two attached hydrogens (primary N) is 1. The quantitative estimate of drug-likeness (QED) is 0.838. The van der Waals surface area contributed by atoms with Crippen LogP contribution in [0, 0.1) is 0 Å². The molecule has 1 aromatic heterocycles. The van der Waals surface area contributed by atoms with Gasteiger partial charge in [0.1, 0.15) is 6.10 Å². The lowest BCUT2D eigenvalue weighted by Gasteiger charge is -2.23. The molecule has 0 spiro atoms. The van der Waals surface area contributed by atoms with Crippen molar-refractivity contribution < 1.29 is 9.84 Å². The molecule has 0 aliphatic heterocycles. The third kappa shape index (κ3) is 4.30. The summed E-state index contributed by atoms with van der Waals surface area (Å²) in [4.78, 5) is 4.28. The van der Waals surface area contributed by atoms with Crippen molar-refractivity contribution >= 4 is 31.9 Å². The van der Waals surface area contributed by atoms with Gasteiger partial charge in [0.15, 0.2) is 0 Å². The third-order valence-electron chi connectivity index (χ3n) is 2.41. The highest BCUT2D eigenvalue weighted by Gasteiger charge is 2.20. The van der Waals surface area contributed by atoms with Gasteiger partial charge in [0.05, 0.1) is 17.9 Å². The normalized spacial score (nSPS) is 16.6. The van der Waals surface area contributed by atoms with Crippen LogP contribution in [0.4, 0.5) is 0 Å². The minimum atomic E-state index is -0.543. The molecule has 6 heteroatoms. The number of ether oxygens (including phenoxy) is 1. The van der Waals surface area contributed by atoms with Gasteiger partial charge in [0, 0.05) is 21.7 Å². The summed E-state index contributed by atoms with van der Waals surface area (Å²) in [7, 11) is 0. The fourth-order valence-corrected chi connectivity index (χ4v) is 2.51. The lowest BCUT2D eigenvalue weighted by atomic mass is 10.2. The molecule has 0 amide bonds. The van der Waals surface area contributed by atoms with Gasteiger partial charge in [-0.15, -0.1) is 0 Å². The van der Waals surface area contributed by atoms with Gasteiger partial charge in [0.2, 0.25) is 0 Å². The van der Waals surface area contributed by atoms with Gasteiger partial charge in [-0.3, -0.25) is 4.98 Å². The SMILES string of the molecule is CC(O)C(C)OC(CN)c1ncc(Br)cc1Br. The molecule has 3 unspecified atom stereocenters. The molecule has 1 aromatic rings. The van der Waals surface area contributed by atoms with Gasteiger partial charge >= 0.3 is 0 Å². The summed E-state index contributed by atoms with van der Waals surface area (Å²) in [6, 6.07) is 1.89. The zero-order chi connectivity index (χ0) is 13.0. The minimum absolute atomic E-state index is 0.291. The monoisotopic (exact) mass is 366 g/mol. The molecule has 0 saturated carbocycles. The Morgan fingerprint density at radius 2 is 2.12 bits per heavy atom. The highest BCUT2D eigenvalue weighted by atomic mass is 79.9. The van der Waals surface area contributed by atoms with Gasteiger partial charge in [0.25, 0.3) is 0 Å². The molecule has 0 fully saturated rings. The van der Waals surface area contributed by atoms with Crippen molar-refractivity contribution in [1.82, 2.24) is 4.98 Å². The summed E-state index contributed by atoms with van der Waals surface area (Å²) in [5.41, 5.74) is 6.42. The van der Waals surface area contributed by atoms with E-state index >= 15 is 0 Å². The van der Waals surface area contributed by atoms with Crippen molar-refractivity contribution in [3.63, 3.8) is 0 Å². The number of hydrogen-bond acceptors (Lipinski definition) is 4. The summed E-state index contributed by atoms with van der Waals surface area (Å²) >= 11 is 6.76. The van der Waals surface area contributed by atoms with Gasteiger partial charge in [-0.25, -0.2) is 0 Å². The van der Waals surface area contributed by atoms with Crippen molar-refractivity contribution in [3.05, 3.63) is 26.9 Å². The molecular formula is C11H16Br2N2O2. The van der Waals surface area contributed by atoms with Crippen LogP contribution in [-0.2, 0) is 4.74 Å². The van der Waals surface area contributed by atoms with E-state index in [-0.39, 0.29) is 12.2 Å². The molecule has 3 atom stereocenters. The van der Waals surface area contributed by atoms with E-state index in [2.05, 4.69) is 36.8 Å². The van der Waals surface area contributed by atoms with Crippen molar-refractivity contribution in [3.8, 4) is 0 Å². The molecule has 17 heavy (non-hydrogen) atoms. The Kier molecular flexibility index (Phi) is 6.02. The topological polar surface area (TPSA) is 68.4 Å². The van der Waals surface area contributed by atoms with Crippen LogP contribution in [0.2, 0.25) is 0 Å². The Bertz CT molecular complexity index is 374. The Morgan fingerprint density at radius 3 is 2.59 bits per heavy atom. The van der Waals surface area contributed by atoms with E-state index in [0.29, 0.717) is 6.54 Å². The second-order valence-electron chi connectivity index (χ2n) is 3.83. The van der Waals surface area contributed by atoms with E-state index < -0.39 is 6.10 Å². The number of hydrogen-bond donors (Lipinski definition) is 2. The molecule has 96 valence electrons. The van der Waals surface area contributed by atoms with Gasteiger partial charge in [-0.1, -0.05) is 0 Å². The molecular weight excluding hydrogens is 352 g/mol. The van der Waals surface area contributed by atoms with Crippen LogP contribution in [0.1, 0.15) is 25.6 Å². The number of aromatic nitrogens is 1. The first kappa shape index (κ1) is 15.0. The van der Waals surface area contributed by atoms with Gasteiger partial charge in [-0.2, -0.15) is 0 Å². The smallest absolute Gasteiger partial charge is 0.113 e. The first-order valence-electron chi connectivity index (χ1n) is 5.30. The molecule has 0 saturated heterocycles. The highest BCUT2D eigenvalue weighted by molar-refractivity contribution is 9.11. The molecule has 4 nitrogen and oxygen atoms in total. The van der Waals surface area contributed by atoms with Crippen LogP contribution in [0.3, 0.4) is 0 Å². The zero-order valence-corrected chi connectivity index (χ0v) is 12.9. The van der Waals surface area contributed by atoms with Crippen LogP contribution in [-0.4, -0.2) is 28.8 Å². The van der Waals surface area contributed by atoms with Gasteiger partial charge in [-0.05, 0) is 51.8 Å². The lowest BCUT2D eigenvalue weighted by Crippen LogP contribution is -2.28. The third-order valence-corrected chi connectivity index (χ3v) is 3.48. The molecule has 1 heterocycles. The van der Waals surface area contributed by atoms with Gasteiger partial charge < -0.3 is 15.6 Å². The molecule has 0 aromatic carbocycles. The number of halogens is 2. The number of nitrogens with zero attached hydrogens (tertiary/aromatic N) is 1. The molecule has 0 aliphatic carbocycles. The average molecular weight is 368 g/mol. The van der Waals surface area contributed by atoms with Crippen LogP contribution < -0.4 is 5.73 Å². The summed E-state index contributed by atoms with van der Waals surface area (Å²) in [6.45, 7) is 3.80. The minimum Gasteiger partial charge on any atom is -0.391 e.